The van der Waals surface area contributed by atoms with E-state index in [2.05, 4.69) is 10.6 Å². The van der Waals surface area contributed by atoms with Gasteiger partial charge in [0.25, 0.3) is 0 Å². The number of ether oxygens (including phenoxy) is 1. The number of hydrogen-bond donors (Lipinski definition) is 2. The monoisotopic (exact) mass is 290 g/mol. The van der Waals surface area contributed by atoms with Crippen LogP contribution >= 0.6 is 0 Å². The SMILES string of the molecule is CCOc1cccc(CNC(=O)CCC2CCCNC2)c1. The summed E-state index contributed by atoms with van der Waals surface area (Å²) in [4.78, 5) is 11.9. The Morgan fingerprint density at radius 2 is 2.38 bits per heavy atom. The van der Waals surface area contributed by atoms with Gasteiger partial charge in [0.15, 0.2) is 0 Å². The molecule has 4 heteroatoms. The van der Waals surface area contributed by atoms with Crippen LogP contribution in [0, 0.1) is 5.92 Å². The van der Waals surface area contributed by atoms with Crippen LogP contribution in [0.3, 0.4) is 0 Å². The van der Waals surface area contributed by atoms with Gasteiger partial charge >= 0.3 is 0 Å². The fourth-order valence-electron chi connectivity index (χ4n) is 2.71. The second kappa shape index (κ2) is 8.67. The molecule has 0 aliphatic carbocycles. The van der Waals surface area contributed by atoms with Crippen LogP contribution in [0.25, 0.3) is 0 Å². The molecule has 1 aromatic rings. The van der Waals surface area contributed by atoms with Gasteiger partial charge in [-0.3, -0.25) is 4.79 Å². The summed E-state index contributed by atoms with van der Waals surface area (Å²) in [5.41, 5.74) is 1.08. The predicted molar refractivity (Wildman–Crippen MR) is 84.3 cm³/mol. The minimum atomic E-state index is 0.141. The Kier molecular flexibility index (Phi) is 6.54. The first kappa shape index (κ1) is 15.8. The molecule has 1 fully saturated rings. The number of rotatable bonds is 7. The van der Waals surface area contributed by atoms with Gasteiger partial charge in [-0.2, -0.15) is 0 Å². The first-order chi connectivity index (χ1) is 10.3. The number of benzene rings is 1. The molecule has 2 rings (SSSR count). The Bertz CT molecular complexity index is 442. The summed E-state index contributed by atoms with van der Waals surface area (Å²) in [6.07, 6.45) is 4.09. The van der Waals surface area contributed by atoms with Crippen molar-refractivity contribution in [1.29, 1.82) is 0 Å². The summed E-state index contributed by atoms with van der Waals surface area (Å²) in [5.74, 6) is 1.66. The summed E-state index contributed by atoms with van der Waals surface area (Å²) < 4.78 is 5.46. The van der Waals surface area contributed by atoms with Gasteiger partial charge in [-0.15, -0.1) is 0 Å². The van der Waals surface area contributed by atoms with Gasteiger partial charge in [0.1, 0.15) is 5.75 Å². The van der Waals surface area contributed by atoms with Crippen LogP contribution < -0.4 is 15.4 Å². The topological polar surface area (TPSA) is 50.4 Å². The van der Waals surface area contributed by atoms with E-state index < -0.39 is 0 Å². The number of carbonyl (C=O) groups excluding carboxylic acids is 1. The van der Waals surface area contributed by atoms with Crippen molar-refractivity contribution in [1.82, 2.24) is 10.6 Å². The first-order valence-electron chi connectivity index (χ1n) is 7.97. The fraction of sp³-hybridized carbons (Fsp3) is 0.588. The third-order valence-corrected chi connectivity index (χ3v) is 3.88. The molecule has 0 saturated carbocycles. The quantitative estimate of drug-likeness (QED) is 0.811. The van der Waals surface area contributed by atoms with E-state index in [1.807, 2.05) is 31.2 Å². The molecule has 1 amide bonds. The summed E-state index contributed by atoms with van der Waals surface area (Å²) >= 11 is 0. The third kappa shape index (κ3) is 5.76. The molecule has 4 nitrogen and oxygen atoms in total. The van der Waals surface area contributed by atoms with Crippen molar-refractivity contribution < 1.29 is 9.53 Å². The maximum absolute atomic E-state index is 11.9. The lowest BCUT2D eigenvalue weighted by atomic mass is 9.94. The van der Waals surface area contributed by atoms with Crippen molar-refractivity contribution >= 4 is 5.91 Å². The van der Waals surface area contributed by atoms with E-state index in [1.54, 1.807) is 0 Å². The van der Waals surface area contributed by atoms with Gasteiger partial charge < -0.3 is 15.4 Å². The Labute approximate surface area is 127 Å². The average Bonchev–Trinajstić information content (AvgIpc) is 2.53. The highest BCUT2D eigenvalue weighted by Gasteiger charge is 2.14. The van der Waals surface area contributed by atoms with E-state index in [4.69, 9.17) is 4.74 Å². The molecular formula is C17H26N2O2. The fourth-order valence-corrected chi connectivity index (χ4v) is 2.71. The maximum atomic E-state index is 11.9. The Morgan fingerprint density at radius 3 is 3.14 bits per heavy atom. The minimum absolute atomic E-state index is 0.141. The van der Waals surface area contributed by atoms with Crippen LogP contribution in [0.1, 0.15) is 38.2 Å². The zero-order valence-corrected chi connectivity index (χ0v) is 12.9. The molecule has 0 spiro atoms. The Morgan fingerprint density at radius 1 is 1.48 bits per heavy atom. The van der Waals surface area contributed by atoms with E-state index in [0.29, 0.717) is 25.5 Å². The summed E-state index contributed by atoms with van der Waals surface area (Å²) in [6, 6.07) is 7.88. The highest BCUT2D eigenvalue weighted by Crippen LogP contribution is 2.16. The normalized spacial score (nSPS) is 18.2. The molecule has 2 N–H and O–H groups in total. The standard InChI is InChI=1S/C17H26N2O2/c1-2-21-16-7-3-5-15(11-16)13-19-17(20)9-8-14-6-4-10-18-12-14/h3,5,7,11,14,18H,2,4,6,8-10,12-13H2,1H3,(H,19,20). The van der Waals surface area contributed by atoms with Crippen LogP contribution in [0.15, 0.2) is 24.3 Å². The molecule has 1 unspecified atom stereocenters. The van der Waals surface area contributed by atoms with Crippen molar-refractivity contribution in [3.63, 3.8) is 0 Å². The molecular weight excluding hydrogens is 264 g/mol. The van der Waals surface area contributed by atoms with Crippen molar-refractivity contribution in [2.45, 2.75) is 39.2 Å². The van der Waals surface area contributed by atoms with Gasteiger partial charge in [0.2, 0.25) is 5.91 Å². The first-order valence-corrected chi connectivity index (χ1v) is 7.97. The lowest BCUT2D eigenvalue weighted by Gasteiger charge is -2.22. The zero-order valence-electron chi connectivity index (χ0n) is 12.9. The molecule has 0 aromatic heterocycles. The molecule has 1 heterocycles. The van der Waals surface area contributed by atoms with Crippen molar-refractivity contribution in [2.75, 3.05) is 19.7 Å². The van der Waals surface area contributed by atoms with Crippen molar-refractivity contribution in [3.05, 3.63) is 29.8 Å². The van der Waals surface area contributed by atoms with Crippen molar-refractivity contribution in [2.24, 2.45) is 5.92 Å². The number of carbonyl (C=O) groups is 1. The van der Waals surface area contributed by atoms with Gasteiger partial charge in [0.05, 0.1) is 6.61 Å². The highest BCUT2D eigenvalue weighted by atomic mass is 16.5. The molecule has 1 aliphatic rings. The molecule has 1 aliphatic heterocycles. The third-order valence-electron chi connectivity index (χ3n) is 3.88. The maximum Gasteiger partial charge on any atom is 0.220 e. The molecule has 0 radical (unpaired) electrons. The summed E-state index contributed by atoms with van der Waals surface area (Å²) in [6.45, 7) is 5.38. The highest BCUT2D eigenvalue weighted by molar-refractivity contribution is 5.75. The Balaban J connectivity index is 1.69. The molecule has 1 saturated heterocycles. The zero-order chi connectivity index (χ0) is 14.9. The minimum Gasteiger partial charge on any atom is -0.494 e. The van der Waals surface area contributed by atoms with E-state index in [-0.39, 0.29) is 5.91 Å². The van der Waals surface area contributed by atoms with Gasteiger partial charge in [-0.05, 0) is 62.9 Å². The molecule has 1 aromatic carbocycles. The van der Waals surface area contributed by atoms with Crippen LogP contribution in [0.5, 0.6) is 5.75 Å². The van der Waals surface area contributed by atoms with E-state index >= 15 is 0 Å². The molecule has 116 valence electrons. The molecule has 0 bridgehead atoms. The summed E-state index contributed by atoms with van der Waals surface area (Å²) in [5, 5.41) is 6.38. The second-order valence-corrected chi connectivity index (χ2v) is 5.61. The Hall–Kier alpha value is -1.55. The van der Waals surface area contributed by atoms with Gasteiger partial charge in [-0.25, -0.2) is 0 Å². The van der Waals surface area contributed by atoms with Gasteiger partial charge in [-0.1, -0.05) is 12.1 Å². The van der Waals surface area contributed by atoms with Gasteiger partial charge in [0, 0.05) is 13.0 Å². The van der Waals surface area contributed by atoms with Crippen LogP contribution in [-0.4, -0.2) is 25.6 Å². The number of hydrogen-bond acceptors (Lipinski definition) is 3. The number of piperidine rings is 1. The van der Waals surface area contributed by atoms with E-state index in [9.17, 15) is 4.79 Å². The summed E-state index contributed by atoms with van der Waals surface area (Å²) in [7, 11) is 0. The lowest BCUT2D eigenvalue weighted by molar-refractivity contribution is -0.121. The average molecular weight is 290 g/mol. The largest absolute Gasteiger partial charge is 0.494 e. The van der Waals surface area contributed by atoms with Crippen LogP contribution in [-0.2, 0) is 11.3 Å². The predicted octanol–water partition coefficient (Wildman–Crippen LogP) is 2.48. The smallest absolute Gasteiger partial charge is 0.220 e. The number of nitrogens with one attached hydrogen (secondary N) is 2. The molecule has 21 heavy (non-hydrogen) atoms. The molecule has 1 atom stereocenters. The lowest BCUT2D eigenvalue weighted by Crippen LogP contribution is -2.31. The van der Waals surface area contributed by atoms with Crippen molar-refractivity contribution in [3.8, 4) is 5.75 Å². The van der Waals surface area contributed by atoms with E-state index in [0.717, 1.165) is 30.8 Å². The second-order valence-electron chi connectivity index (χ2n) is 5.61. The number of amides is 1. The van der Waals surface area contributed by atoms with Crippen LogP contribution in [0.2, 0.25) is 0 Å². The van der Waals surface area contributed by atoms with Crippen LogP contribution in [0.4, 0.5) is 0 Å². The van der Waals surface area contributed by atoms with E-state index in [1.165, 1.54) is 12.8 Å².